The molecule has 1 aromatic carbocycles. The van der Waals surface area contributed by atoms with Crippen molar-refractivity contribution >= 4 is 34.9 Å². The van der Waals surface area contributed by atoms with Gasteiger partial charge in [0.25, 0.3) is 0 Å². The van der Waals surface area contributed by atoms with Gasteiger partial charge in [0.1, 0.15) is 6.04 Å². The Hall–Kier alpha value is -2.80. The zero-order valence-corrected chi connectivity index (χ0v) is 14.6. The Morgan fingerprint density at radius 1 is 1.08 bits per heavy atom. The van der Waals surface area contributed by atoms with Crippen molar-refractivity contribution in [2.24, 2.45) is 10.9 Å². The molecule has 2 aromatic rings. The molecule has 6 nitrogen and oxygen atoms in total. The van der Waals surface area contributed by atoms with Crippen LogP contribution < -0.4 is 10.6 Å². The second-order valence-corrected chi connectivity index (χ2v) is 6.82. The van der Waals surface area contributed by atoms with Gasteiger partial charge in [0.15, 0.2) is 5.92 Å². The molecular formula is C18H17N3O3S. The summed E-state index contributed by atoms with van der Waals surface area (Å²) in [6.45, 7) is 3.64. The summed E-state index contributed by atoms with van der Waals surface area (Å²) in [5.41, 5.74) is 2.47. The van der Waals surface area contributed by atoms with Gasteiger partial charge in [-0.15, -0.1) is 11.3 Å². The van der Waals surface area contributed by atoms with Crippen molar-refractivity contribution in [3.8, 4) is 0 Å². The number of imide groups is 2. The molecule has 0 saturated carbocycles. The molecule has 25 heavy (non-hydrogen) atoms. The number of carbonyl (C=O) groups excluding carboxylic acids is 3. The van der Waals surface area contributed by atoms with E-state index < -0.39 is 23.8 Å². The third-order valence-corrected chi connectivity index (χ3v) is 4.88. The molecule has 1 aromatic heterocycles. The highest BCUT2D eigenvalue weighted by Gasteiger charge is 2.36. The van der Waals surface area contributed by atoms with Crippen molar-refractivity contribution < 1.29 is 14.4 Å². The molecule has 1 atom stereocenters. The number of nitrogens with zero attached hydrogens (tertiary/aromatic N) is 1. The maximum Gasteiger partial charge on any atom is 0.328 e. The molecule has 0 unspecified atom stereocenters. The van der Waals surface area contributed by atoms with Gasteiger partial charge in [-0.2, -0.15) is 0 Å². The summed E-state index contributed by atoms with van der Waals surface area (Å²) < 4.78 is 0. The van der Waals surface area contributed by atoms with Crippen LogP contribution >= 0.6 is 11.3 Å². The van der Waals surface area contributed by atoms with Crippen LogP contribution in [0.4, 0.5) is 4.79 Å². The van der Waals surface area contributed by atoms with Gasteiger partial charge in [-0.25, -0.2) is 4.79 Å². The van der Waals surface area contributed by atoms with E-state index in [4.69, 9.17) is 0 Å². The Kier molecular flexibility index (Phi) is 4.76. The SMILES string of the molecule is CC(=N[C@H](c1ccc(C)cc1)c1cccs1)C1C(=O)NC(=O)NC1=O. The maximum atomic E-state index is 12.0. The van der Waals surface area contributed by atoms with Crippen molar-refractivity contribution in [1.82, 2.24) is 10.6 Å². The molecule has 4 amide bonds. The summed E-state index contributed by atoms with van der Waals surface area (Å²) in [6.07, 6.45) is 0. The summed E-state index contributed by atoms with van der Waals surface area (Å²) in [7, 11) is 0. The fourth-order valence-electron chi connectivity index (χ4n) is 2.67. The smallest absolute Gasteiger partial charge is 0.279 e. The third kappa shape index (κ3) is 3.66. The van der Waals surface area contributed by atoms with Crippen LogP contribution in [0.25, 0.3) is 0 Å². The van der Waals surface area contributed by atoms with Gasteiger partial charge < -0.3 is 0 Å². The standard InChI is InChI=1S/C18H17N3O3S/c1-10-5-7-12(8-6-10)15(13-4-3-9-25-13)19-11(2)14-16(22)20-18(24)21-17(14)23/h3-9,14-15H,1-2H3,(H2,20,21,22,23,24)/t15-/m1/s1. The summed E-state index contributed by atoms with van der Waals surface area (Å²) in [5.74, 6) is -2.40. The third-order valence-electron chi connectivity index (χ3n) is 3.95. The van der Waals surface area contributed by atoms with Crippen LogP contribution in [0.5, 0.6) is 0 Å². The molecule has 2 heterocycles. The lowest BCUT2D eigenvalue weighted by Crippen LogP contribution is -2.57. The molecular weight excluding hydrogens is 338 g/mol. The minimum Gasteiger partial charge on any atom is -0.279 e. The molecule has 1 aliphatic heterocycles. The molecule has 3 rings (SSSR count). The lowest BCUT2D eigenvalue weighted by Gasteiger charge is -2.22. The number of aryl methyl sites for hydroxylation is 1. The van der Waals surface area contributed by atoms with Crippen molar-refractivity contribution in [3.05, 3.63) is 57.8 Å². The Bertz CT molecular complexity index is 821. The van der Waals surface area contributed by atoms with E-state index in [1.54, 1.807) is 18.3 Å². The number of barbiturate groups is 1. The average molecular weight is 355 g/mol. The number of thiophene rings is 1. The quantitative estimate of drug-likeness (QED) is 0.653. The molecule has 2 N–H and O–H groups in total. The zero-order chi connectivity index (χ0) is 18.0. The van der Waals surface area contributed by atoms with Crippen molar-refractivity contribution in [2.45, 2.75) is 19.9 Å². The highest BCUT2D eigenvalue weighted by Crippen LogP contribution is 2.30. The summed E-state index contributed by atoms with van der Waals surface area (Å²) in [4.78, 5) is 41.0. The van der Waals surface area contributed by atoms with Gasteiger partial charge in [-0.1, -0.05) is 35.9 Å². The molecule has 1 aliphatic rings. The fraction of sp³-hybridized carbons (Fsp3) is 0.222. The number of urea groups is 1. The first-order chi connectivity index (χ1) is 12.0. The number of nitrogens with one attached hydrogen (secondary N) is 2. The van der Waals surface area contributed by atoms with Crippen LogP contribution in [0.15, 0.2) is 46.8 Å². The zero-order valence-electron chi connectivity index (χ0n) is 13.8. The average Bonchev–Trinajstić information content (AvgIpc) is 3.06. The lowest BCUT2D eigenvalue weighted by molar-refractivity contribution is -0.132. The van der Waals surface area contributed by atoms with Crippen LogP contribution in [-0.4, -0.2) is 23.6 Å². The Labute approximate surface area is 149 Å². The fourth-order valence-corrected chi connectivity index (χ4v) is 3.46. The van der Waals surface area contributed by atoms with Gasteiger partial charge in [-0.3, -0.25) is 25.2 Å². The topological polar surface area (TPSA) is 87.6 Å². The first-order valence-corrected chi connectivity index (χ1v) is 8.63. The minimum atomic E-state index is -1.11. The molecule has 1 saturated heterocycles. The van der Waals surface area contributed by atoms with E-state index >= 15 is 0 Å². The van der Waals surface area contributed by atoms with E-state index in [1.165, 1.54) is 0 Å². The number of rotatable bonds is 4. The minimum absolute atomic E-state index is 0.307. The molecule has 1 fully saturated rings. The first-order valence-electron chi connectivity index (χ1n) is 7.75. The Morgan fingerprint density at radius 2 is 1.72 bits per heavy atom. The highest BCUT2D eigenvalue weighted by molar-refractivity contribution is 7.10. The predicted octanol–water partition coefficient (Wildman–Crippen LogP) is 2.59. The monoisotopic (exact) mass is 355 g/mol. The maximum absolute atomic E-state index is 12.0. The second-order valence-electron chi connectivity index (χ2n) is 5.84. The lowest BCUT2D eigenvalue weighted by atomic mass is 9.99. The largest absolute Gasteiger partial charge is 0.328 e. The van der Waals surface area contributed by atoms with Gasteiger partial charge in [0.05, 0.1) is 0 Å². The van der Waals surface area contributed by atoms with Crippen molar-refractivity contribution in [3.63, 3.8) is 0 Å². The molecule has 0 bridgehead atoms. The van der Waals surface area contributed by atoms with Gasteiger partial charge in [0, 0.05) is 10.6 Å². The van der Waals surface area contributed by atoms with Crippen molar-refractivity contribution in [2.75, 3.05) is 0 Å². The number of benzene rings is 1. The van der Waals surface area contributed by atoms with E-state index in [0.29, 0.717) is 5.71 Å². The van der Waals surface area contributed by atoms with E-state index in [0.717, 1.165) is 16.0 Å². The molecule has 0 aliphatic carbocycles. The van der Waals surface area contributed by atoms with Crippen LogP contribution in [0.2, 0.25) is 0 Å². The number of amides is 4. The first kappa shape index (κ1) is 17.0. The van der Waals surface area contributed by atoms with Crippen LogP contribution in [0.3, 0.4) is 0 Å². The number of hydrogen-bond acceptors (Lipinski definition) is 5. The van der Waals surface area contributed by atoms with Gasteiger partial charge in [-0.05, 0) is 30.9 Å². The molecule has 7 heteroatoms. The highest BCUT2D eigenvalue weighted by atomic mass is 32.1. The Balaban J connectivity index is 1.98. The summed E-state index contributed by atoms with van der Waals surface area (Å²) >= 11 is 1.56. The number of carbonyl (C=O) groups is 3. The van der Waals surface area contributed by atoms with Crippen LogP contribution in [0, 0.1) is 12.8 Å². The summed E-state index contributed by atoms with van der Waals surface area (Å²) in [6, 6.07) is 10.8. The second kappa shape index (κ2) is 6.98. The van der Waals surface area contributed by atoms with E-state index in [9.17, 15) is 14.4 Å². The van der Waals surface area contributed by atoms with E-state index in [2.05, 4.69) is 15.6 Å². The van der Waals surface area contributed by atoms with E-state index in [1.807, 2.05) is 48.7 Å². The van der Waals surface area contributed by atoms with Crippen LogP contribution in [-0.2, 0) is 9.59 Å². The van der Waals surface area contributed by atoms with Crippen molar-refractivity contribution in [1.29, 1.82) is 0 Å². The molecule has 0 spiro atoms. The number of hydrogen-bond donors (Lipinski definition) is 2. The normalized spacial score (nSPS) is 17.2. The van der Waals surface area contributed by atoms with E-state index in [-0.39, 0.29) is 6.04 Å². The van der Waals surface area contributed by atoms with Gasteiger partial charge >= 0.3 is 6.03 Å². The number of aliphatic imine (C=N–C) groups is 1. The van der Waals surface area contributed by atoms with Crippen LogP contribution in [0.1, 0.15) is 29.0 Å². The van der Waals surface area contributed by atoms with Gasteiger partial charge in [0.2, 0.25) is 11.8 Å². The predicted molar refractivity (Wildman–Crippen MR) is 95.6 cm³/mol. The Morgan fingerprint density at radius 3 is 2.28 bits per heavy atom. The summed E-state index contributed by atoms with van der Waals surface area (Å²) in [5, 5.41) is 6.17. The molecule has 0 radical (unpaired) electrons. The molecule has 128 valence electrons.